The van der Waals surface area contributed by atoms with E-state index in [1.54, 1.807) is 31.0 Å². The van der Waals surface area contributed by atoms with Crippen LogP contribution in [0.1, 0.15) is 27.2 Å². The molecule has 1 aromatic heterocycles. The highest BCUT2D eigenvalue weighted by molar-refractivity contribution is 6.32. The fraction of sp³-hybridized carbons (Fsp3) is 0.625. The second-order valence-corrected chi connectivity index (χ2v) is 6.92. The Morgan fingerprint density at radius 3 is 2.96 bits per heavy atom. The summed E-state index contributed by atoms with van der Waals surface area (Å²) in [6.07, 6.45) is 2.56. The molecular weight excluding hydrogens is 316 g/mol. The number of pyridine rings is 1. The fourth-order valence-corrected chi connectivity index (χ4v) is 2.98. The van der Waals surface area contributed by atoms with Crippen LogP contribution >= 0.6 is 11.6 Å². The lowest BCUT2D eigenvalue weighted by molar-refractivity contribution is 0.0476. The van der Waals surface area contributed by atoms with Gasteiger partial charge in [-0.1, -0.05) is 11.6 Å². The minimum absolute atomic E-state index is 0.0522. The van der Waals surface area contributed by atoms with Crippen molar-refractivity contribution < 1.29 is 9.90 Å². The van der Waals surface area contributed by atoms with Crippen LogP contribution in [0.2, 0.25) is 5.02 Å². The van der Waals surface area contributed by atoms with Crippen molar-refractivity contribution in [2.45, 2.75) is 38.8 Å². The van der Waals surface area contributed by atoms with Gasteiger partial charge in [0.25, 0.3) is 0 Å². The summed E-state index contributed by atoms with van der Waals surface area (Å²) in [7, 11) is 0. The molecule has 23 heavy (non-hydrogen) atoms. The number of amides is 2. The summed E-state index contributed by atoms with van der Waals surface area (Å²) in [5.41, 5.74) is -0.906. The lowest BCUT2D eigenvalue weighted by Gasteiger charge is -2.29. The molecule has 7 heteroatoms. The third-order valence-corrected chi connectivity index (χ3v) is 4.10. The number of nitrogens with zero attached hydrogens (tertiary/aromatic N) is 3. The van der Waals surface area contributed by atoms with Crippen LogP contribution in [0.4, 0.5) is 10.6 Å². The zero-order valence-electron chi connectivity index (χ0n) is 13.9. The molecule has 1 atom stereocenters. The summed E-state index contributed by atoms with van der Waals surface area (Å²) >= 11 is 6.18. The molecule has 0 aromatic carbocycles. The normalized spacial score (nSPS) is 18.1. The molecule has 0 spiro atoms. The molecule has 2 heterocycles. The summed E-state index contributed by atoms with van der Waals surface area (Å²) in [5, 5.41) is 13.6. The highest BCUT2D eigenvalue weighted by Crippen LogP contribution is 2.25. The number of aliphatic hydroxyl groups is 1. The Morgan fingerprint density at radius 1 is 1.61 bits per heavy atom. The van der Waals surface area contributed by atoms with Crippen molar-refractivity contribution in [1.82, 2.24) is 15.2 Å². The second kappa shape index (κ2) is 7.36. The van der Waals surface area contributed by atoms with Crippen LogP contribution < -0.4 is 10.2 Å². The van der Waals surface area contributed by atoms with E-state index in [9.17, 15) is 9.90 Å². The van der Waals surface area contributed by atoms with E-state index in [2.05, 4.69) is 15.2 Å². The largest absolute Gasteiger partial charge is 0.389 e. The average Bonchev–Trinajstić information content (AvgIpc) is 2.92. The number of urea groups is 1. The highest BCUT2D eigenvalue weighted by Gasteiger charge is 2.28. The van der Waals surface area contributed by atoms with Crippen LogP contribution in [-0.2, 0) is 0 Å². The smallest absolute Gasteiger partial charge is 0.317 e. The number of halogens is 1. The van der Waals surface area contributed by atoms with E-state index in [1.807, 2.05) is 13.0 Å². The predicted molar refractivity (Wildman–Crippen MR) is 91.9 cm³/mol. The molecule has 2 rings (SSSR count). The predicted octanol–water partition coefficient (Wildman–Crippen LogP) is 2.12. The maximum absolute atomic E-state index is 12.4. The van der Waals surface area contributed by atoms with E-state index in [0.717, 1.165) is 18.8 Å². The van der Waals surface area contributed by atoms with Gasteiger partial charge in [-0.15, -0.1) is 0 Å². The van der Waals surface area contributed by atoms with Gasteiger partial charge in [-0.05, 0) is 39.3 Å². The molecule has 1 aliphatic rings. The Balaban J connectivity index is 1.92. The number of hydrogen-bond donors (Lipinski definition) is 2. The van der Waals surface area contributed by atoms with Gasteiger partial charge in [0.05, 0.1) is 17.2 Å². The summed E-state index contributed by atoms with van der Waals surface area (Å²) in [4.78, 5) is 20.4. The molecule has 0 radical (unpaired) electrons. The van der Waals surface area contributed by atoms with Crippen LogP contribution in [-0.4, -0.2) is 58.8 Å². The first-order valence-electron chi connectivity index (χ1n) is 7.93. The van der Waals surface area contributed by atoms with Crippen molar-refractivity contribution in [3.8, 4) is 0 Å². The van der Waals surface area contributed by atoms with Crippen LogP contribution in [0.15, 0.2) is 18.3 Å². The molecule has 6 nitrogen and oxygen atoms in total. The monoisotopic (exact) mass is 340 g/mol. The lowest BCUT2D eigenvalue weighted by Crippen LogP contribution is -2.50. The van der Waals surface area contributed by atoms with Crippen LogP contribution in [0, 0.1) is 0 Å². The van der Waals surface area contributed by atoms with Crippen LogP contribution in [0.3, 0.4) is 0 Å². The molecule has 0 aliphatic carbocycles. The van der Waals surface area contributed by atoms with Gasteiger partial charge in [-0.2, -0.15) is 0 Å². The van der Waals surface area contributed by atoms with Gasteiger partial charge in [-0.3, -0.25) is 0 Å². The van der Waals surface area contributed by atoms with Crippen molar-refractivity contribution in [2.24, 2.45) is 0 Å². The van der Waals surface area contributed by atoms with Gasteiger partial charge >= 0.3 is 6.03 Å². The van der Waals surface area contributed by atoms with Crippen LogP contribution in [0.5, 0.6) is 0 Å². The molecular formula is C16H25ClN4O2. The van der Waals surface area contributed by atoms with E-state index in [0.29, 0.717) is 24.7 Å². The number of carbonyl (C=O) groups excluding carboxylic acids is 1. The van der Waals surface area contributed by atoms with Gasteiger partial charge < -0.3 is 20.2 Å². The second-order valence-electron chi connectivity index (χ2n) is 6.52. The Labute approximate surface area is 142 Å². The standard InChI is InChI=1S/C16H25ClN4O2/c1-4-20(11-16(2,3)23)15(22)19-12-7-9-21(10-12)14-13(17)6-5-8-18-14/h5-6,8,12,23H,4,7,9-11H2,1-3H3,(H,19,22). The first-order chi connectivity index (χ1) is 10.8. The number of aromatic nitrogens is 1. The molecule has 0 bridgehead atoms. The van der Waals surface area contributed by atoms with E-state index < -0.39 is 5.60 Å². The first-order valence-corrected chi connectivity index (χ1v) is 8.31. The summed E-state index contributed by atoms with van der Waals surface area (Å²) < 4.78 is 0. The minimum Gasteiger partial charge on any atom is -0.389 e. The van der Waals surface area contributed by atoms with Crippen LogP contribution in [0.25, 0.3) is 0 Å². The van der Waals surface area contributed by atoms with Crippen molar-refractivity contribution in [1.29, 1.82) is 0 Å². The molecule has 0 saturated carbocycles. The van der Waals surface area contributed by atoms with E-state index in [-0.39, 0.29) is 12.1 Å². The third kappa shape index (κ3) is 4.97. The first kappa shape index (κ1) is 17.8. The average molecular weight is 341 g/mol. The summed E-state index contributed by atoms with van der Waals surface area (Å²) in [6.45, 7) is 7.64. The third-order valence-electron chi connectivity index (χ3n) is 3.80. The lowest BCUT2D eigenvalue weighted by atomic mass is 10.1. The number of rotatable bonds is 5. The molecule has 1 aliphatic heterocycles. The highest BCUT2D eigenvalue weighted by atomic mass is 35.5. The molecule has 2 N–H and O–H groups in total. The summed E-state index contributed by atoms with van der Waals surface area (Å²) in [5.74, 6) is 0.759. The molecule has 128 valence electrons. The topological polar surface area (TPSA) is 68.7 Å². The van der Waals surface area contributed by atoms with Crippen molar-refractivity contribution >= 4 is 23.4 Å². The zero-order valence-corrected chi connectivity index (χ0v) is 14.7. The molecule has 1 unspecified atom stereocenters. The number of anilines is 1. The van der Waals surface area contributed by atoms with E-state index in [1.165, 1.54) is 0 Å². The van der Waals surface area contributed by atoms with Gasteiger partial charge in [0.15, 0.2) is 0 Å². The maximum Gasteiger partial charge on any atom is 0.317 e. The van der Waals surface area contributed by atoms with Gasteiger partial charge in [-0.25, -0.2) is 9.78 Å². The molecule has 1 aromatic rings. The SMILES string of the molecule is CCN(CC(C)(C)O)C(=O)NC1CCN(c2ncccc2Cl)C1. The molecule has 1 saturated heterocycles. The Bertz CT molecular complexity index is 547. The van der Waals surface area contributed by atoms with E-state index >= 15 is 0 Å². The molecule has 1 fully saturated rings. The van der Waals surface area contributed by atoms with Gasteiger partial charge in [0.2, 0.25) is 0 Å². The zero-order chi connectivity index (χ0) is 17.0. The Kier molecular flexibility index (Phi) is 5.70. The number of nitrogens with one attached hydrogen (secondary N) is 1. The summed E-state index contributed by atoms with van der Waals surface area (Å²) in [6, 6.07) is 3.53. The van der Waals surface area contributed by atoms with Crippen molar-refractivity contribution in [3.63, 3.8) is 0 Å². The minimum atomic E-state index is -0.906. The molecule has 2 amide bonds. The van der Waals surface area contributed by atoms with Crippen molar-refractivity contribution in [3.05, 3.63) is 23.4 Å². The number of likely N-dealkylation sites (N-methyl/N-ethyl adjacent to an activating group) is 1. The maximum atomic E-state index is 12.4. The Hall–Kier alpha value is -1.53. The number of hydrogen-bond acceptors (Lipinski definition) is 4. The number of carbonyl (C=O) groups is 1. The van der Waals surface area contributed by atoms with E-state index in [4.69, 9.17) is 11.6 Å². The quantitative estimate of drug-likeness (QED) is 0.861. The van der Waals surface area contributed by atoms with Gasteiger partial charge in [0.1, 0.15) is 5.82 Å². The Morgan fingerprint density at radius 2 is 2.35 bits per heavy atom. The van der Waals surface area contributed by atoms with Crippen molar-refractivity contribution in [2.75, 3.05) is 31.1 Å². The van der Waals surface area contributed by atoms with Gasteiger partial charge in [0, 0.05) is 31.9 Å². The fourth-order valence-electron chi connectivity index (χ4n) is 2.74.